The van der Waals surface area contributed by atoms with Crippen LogP contribution in [0.5, 0.6) is 5.75 Å². The minimum absolute atomic E-state index is 0.0375. The summed E-state index contributed by atoms with van der Waals surface area (Å²) in [7, 11) is 1.61. The molecule has 9 heteroatoms. The van der Waals surface area contributed by atoms with E-state index in [1.165, 1.54) is 0 Å². The number of carboxylic acids is 1. The monoisotopic (exact) mass is 480 g/mol. The van der Waals surface area contributed by atoms with Gasteiger partial charge in [-0.25, -0.2) is 0 Å². The number of carboxylic acid groups (broad SMARTS) is 1. The molecule has 35 heavy (non-hydrogen) atoms. The van der Waals surface area contributed by atoms with Crippen LogP contribution in [-0.4, -0.2) is 62.4 Å². The third-order valence-corrected chi connectivity index (χ3v) is 7.78. The van der Waals surface area contributed by atoms with Gasteiger partial charge in [-0.3, -0.25) is 14.7 Å². The summed E-state index contributed by atoms with van der Waals surface area (Å²) in [6.45, 7) is 3.24. The average molecular weight is 481 g/mol. The Kier molecular flexibility index (Phi) is 6.71. The van der Waals surface area contributed by atoms with Crippen molar-refractivity contribution >= 4 is 16.9 Å². The van der Waals surface area contributed by atoms with E-state index in [1.807, 2.05) is 31.2 Å². The van der Waals surface area contributed by atoms with Crippen LogP contribution in [0, 0.1) is 18.8 Å². The second-order valence-electron chi connectivity index (χ2n) is 9.87. The van der Waals surface area contributed by atoms with Gasteiger partial charge in [-0.1, -0.05) is 5.16 Å². The molecule has 3 atom stereocenters. The number of methoxy groups -OCH3 is 1. The van der Waals surface area contributed by atoms with Crippen LogP contribution in [0.3, 0.4) is 0 Å². The number of hydrogen-bond donors (Lipinski definition) is 2. The highest BCUT2D eigenvalue weighted by molar-refractivity contribution is 5.83. The highest BCUT2D eigenvalue weighted by Gasteiger charge is 2.42. The van der Waals surface area contributed by atoms with Gasteiger partial charge in [0.2, 0.25) is 5.89 Å². The van der Waals surface area contributed by atoms with Crippen molar-refractivity contribution in [1.29, 1.82) is 0 Å². The molecule has 3 heterocycles. The minimum atomic E-state index is -0.753. The van der Waals surface area contributed by atoms with Gasteiger partial charge < -0.3 is 19.5 Å². The first-order valence-electron chi connectivity index (χ1n) is 12.3. The predicted molar refractivity (Wildman–Crippen MR) is 128 cm³/mol. The highest BCUT2D eigenvalue weighted by Crippen LogP contribution is 2.42. The van der Waals surface area contributed by atoms with E-state index in [4.69, 9.17) is 9.26 Å². The zero-order valence-corrected chi connectivity index (χ0v) is 20.1. The van der Waals surface area contributed by atoms with Gasteiger partial charge in [0.15, 0.2) is 5.82 Å². The number of hydrogen-bond acceptors (Lipinski definition) is 8. The lowest BCUT2D eigenvalue weighted by Gasteiger charge is -2.46. The number of likely N-dealkylation sites (tertiary alicyclic amines) is 1. The maximum Gasteiger partial charge on any atom is 0.308 e. The van der Waals surface area contributed by atoms with E-state index in [0.29, 0.717) is 42.9 Å². The molecule has 0 bridgehead atoms. The number of aryl methyl sites for hydroxylation is 1. The summed E-state index contributed by atoms with van der Waals surface area (Å²) in [6, 6.07) is 7.82. The van der Waals surface area contributed by atoms with Gasteiger partial charge in [-0.15, -0.1) is 0 Å². The second-order valence-corrected chi connectivity index (χ2v) is 9.87. The topological polar surface area (TPSA) is 122 Å². The Hall–Kier alpha value is -3.04. The third kappa shape index (κ3) is 4.88. The van der Waals surface area contributed by atoms with Gasteiger partial charge in [0.1, 0.15) is 5.75 Å². The lowest BCUT2D eigenvalue weighted by atomic mass is 9.75. The number of rotatable bonds is 8. The largest absolute Gasteiger partial charge is 0.497 e. The number of nitrogens with zero attached hydrogens (tertiary/aromatic N) is 4. The van der Waals surface area contributed by atoms with E-state index in [-0.39, 0.29) is 11.8 Å². The molecular weight excluding hydrogens is 448 g/mol. The predicted octanol–water partition coefficient (Wildman–Crippen LogP) is 3.72. The summed E-state index contributed by atoms with van der Waals surface area (Å²) in [5.41, 5.74) is 1.60. The van der Waals surface area contributed by atoms with Crippen molar-refractivity contribution in [2.24, 2.45) is 11.8 Å². The molecule has 9 nitrogen and oxygen atoms in total. The van der Waals surface area contributed by atoms with Crippen LogP contribution >= 0.6 is 0 Å². The number of aliphatic hydroxyl groups excluding tert-OH is 1. The molecule has 2 N–H and O–H groups in total. The van der Waals surface area contributed by atoms with Crippen LogP contribution in [0.25, 0.3) is 10.9 Å². The second kappa shape index (κ2) is 9.91. The minimum Gasteiger partial charge on any atom is -0.497 e. The number of piperidine rings is 1. The van der Waals surface area contributed by atoms with Crippen molar-refractivity contribution < 1.29 is 24.3 Å². The van der Waals surface area contributed by atoms with Gasteiger partial charge in [-0.2, -0.15) is 4.98 Å². The number of carbonyl (C=O) groups is 1. The van der Waals surface area contributed by atoms with Crippen molar-refractivity contribution in [2.75, 3.05) is 20.2 Å². The van der Waals surface area contributed by atoms with Gasteiger partial charge in [0.05, 0.1) is 24.6 Å². The summed E-state index contributed by atoms with van der Waals surface area (Å²) < 4.78 is 10.6. The maximum atomic E-state index is 12.1. The SMILES string of the molecule is COc1ccc2nccc(C(O)CC[C@@H]3CCN(C4CC(c5nc(C)no5)C4)C[C@@H]3C(=O)O)c2c1. The standard InChI is InChI=1S/C26H32N4O5/c1-15-28-25(35-29-15)17-11-18(12-17)30-10-8-16(22(14-30)26(32)33)3-6-24(31)20-7-9-27-23-5-4-19(34-2)13-21(20)23/h4-5,7,9,13,16-18,22,24,31H,3,6,8,10-12,14H2,1-2H3,(H,32,33)/t16-,17?,18?,22+,24?/m1/s1. The van der Waals surface area contributed by atoms with Crippen LogP contribution in [0.2, 0.25) is 0 Å². The van der Waals surface area contributed by atoms with E-state index >= 15 is 0 Å². The molecule has 186 valence electrons. The fraction of sp³-hybridized carbons (Fsp3) is 0.538. The fourth-order valence-corrected chi connectivity index (χ4v) is 5.64. The van der Waals surface area contributed by atoms with E-state index in [1.54, 1.807) is 13.3 Å². The summed E-state index contributed by atoms with van der Waals surface area (Å²) in [6.07, 6.45) is 4.85. The zero-order chi connectivity index (χ0) is 24.5. The molecular formula is C26H32N4O5. The molecule has 1 unspecified atom stereocenters. The molecule has 1 saturated carbocycles. The summed E-state index contributed by atoms with van der Waals surface area (Å²) >= 11 is 0. The number of aliphatic carboxylic acids is 1. The molecule has 2 aromatic heterocycles. The Labute approximate surface area is 204 Å². The highest BCUT2D eigenvalue weighted by atomic mass is 16.5. The normalized spacial score (nSPS) is 25.8. The molecule has 5 rings (SSSR count). The lowest BCUT2D eigenvalue weighted by Crippen LogP contribution is -2.52. The van der Waals surface area contributed by atoms with Gasteiger partial charge >= 0.3 is 5.97 Å². The lowest BCUT2D eigenvalue weighted by molar-refractivity contribution is -0.147. The molecule has 1 aromatic carbocycles. The summed E-state index contributed by atoms with van der Waals surface area (Å²) in [5, 5.41) is 25.7. The Balaban J connectivity index is 1.20. The smallest absolute Gasteiger partial charge is 0.308 e. The van der Waals surface area contributed by atoms with Crippen molar-refractivity contribution in [1.82, 2.24) is 20.0 Å². The van der Waals surface area contributed by atoms with Gasteiger partial charge in [0.25, 0.3) is 0 Å². The number of aliphatic hydroxyl groups is 1. The quantitative estimate of drug-likeness (QED) is 0.497. The molecule has 2 fully saturated rings. The first-order valence-corrected chi connectivity index (χ1v) is 12.3. The van der Waals surface area contributed by atoms with Crippen molar-refractivity contribution in [2.45, 2.75) is 57.1 Å². The third-order valence-electron chi connectivity index (χ3n) is 7.78. The number of benzene rings is 1. The molecule has 0 radical (unpaired) electrons. The number of aromatic nitrogens is 3. The van der Waals surface area contributed by atoms with Gasteiger partial charge in [-0.05, 0) is 81.3 Å². The Morgan fingerprint density at radius 2 is 2.14 bits per heavy atom. The molecule has 3 aromatic rings. The number of ether oxygens (including phenoxy) is 1. The molecule has 2 aliphatic rings. The Morgan fingerprint density at radius 3 is 2.86 bits per heavy atom. The molecule has 1 saturated heterocycles. The zero-order valence-electron chi connectivity index (χ0n) is 20.1. The van der Waals surface area contributed by atoms with E-state index in [9.17, 15) is 15.0 Å². The Bertz CT molecular complexity index is 1190. The summed E-state index contributed by atoms with van der Waals surface area (Å²) in [4.78, 5) is 23.2. The van der Waals surface area contributed by atoms with Crippen LogP contribution in [0.15, 0.2) is 35.0 Å². The molecule has 1 aliphatic heterocycles. The number of pyridine rings is 1. The van der Waals surface area contributed by atoms with Crippen LogP contribution in [-0.2, 0) is 4.79 Å². The van der Waals surface area contributed by atoms with E-state index in [2.05, 4.69) is 20.0 Å². The molecule has 0 amide bonds. The van der Waals surface area contributed by atoms with Crippen LogP contribution in [0.4, 0.5) is 0 Å². The number of fused-ring (bicyclic) bond motifs is 1. The van der Waals surface area contributed by atoms with Crippen LogP contribution < -0.4 is 4.74 Å². The van der Waals surface area contributed by atoms with E-state index < -0.39 is 18.0 Å². The van der Waals surface area contributed by atoms with Crippen molar-refractivity contribution in [3.05, 3.63) is 47.7 Å². The maximum absolute atomic E-state index is 12.1. The van der Waals surface area contributed by atoms with Crippen molar-refractivity contribution in [3.63, 3.8) is 0 Å². The van der Waals surface area contributed by atoms with Crippen molar-refractivity contribution in [3.8, 4) is 5.75 Å². The Morgan fingerprint density at radius 1 is 1.31 bits per heavy atom. The molecule has 0 spiro atoms. The fourth-order valence-electron chi connectivity index (χ4n) is 5.64. The first-order chi connectivity index (χ1) is 16.9. The van der Waals surface area contributed by atoms with Gasteiger partial charge in [0, 0.05) is 30.1 Å². The van der Waals surface area contributed by atoms with Crippen LogP contribution in [0.1, 0.15) is 61.4 Å². The van der Waals surface area contributed by atoms with E-state index in [0.717, 1.165) is 42.3 Å². The first kappa shape index (κ1) is 23.7. The summed E-state index contributed by atoms with van der Waals surface area (Å²) in [5.74, 6) is 1.17. The average Bonchev–Trinajstić information content (AvgIpc) is 3.26. The molecule has 1 aliphatic carbocycles.